The second-order valence-corrected chi connectivity index (χ2v) is 6.27. The molecule has 1 aromatic rings. The summed E-state index contributed by atoms with van der Waals surface area (Å²) in [5.74, 6) is 0.0690. The van der Waals surface area contributed by atoms with Crippen molar-refractivity contribution in [2.24, 2.45) is 5.92 Å². The number of nitrogens with one attached hydrogen (secondary N) is 1. The maximum atomic E-state index is 11.9. The first-order chi connectivity index (χ1) is 11.1. The predicted molar refractivity (Wildman–Crippen MR) is 84.7 cm³/mol. The Hall–Kier alpha value is -1.92. The summed E-state index contributed by atoms with van der Waals surface area (Å²) in [5.41, 5.74) is 1.42. The quantitative estimate of drug-likeness (QED) is 0.877. The largest absolute Gasteiger partial charge is 0.386 e. The van der Waals surface area contributed by atoms with Gasteiger partial charge in [-0.1, -0.05) is 18.6 Å². The molecule has 2 unspecified atom stereocenters. The molecule has 1 saturated heterocycles. The second-order valence-electron chi connectivity index (χ2n) is 6.27. The fourth-order valence-corrected chi connectivity index (χ4v) is 2.87. The van der Waals surface area contributed by atoms with Crippen molar-refractivity contribution in [2.75, 3.05) is 25.6 Å². The third-order valence-corrected chi connectivity index (χ3v) is 4.77. The Balaban J connectivity index is 1.64. The van der Waals surface area contributed by atoms with Crippen LogP contribution in [0.5, 0.6) is 0 Å². The number of likely N-dealkylation sites (N-methyl/N-ethyl adjacent to an activating group) is 1. The minimum Gasteiger partial charge on any atom is -0.386 e. The SMILES string of the molecule is CN1C(=O)COCC1C(O)c1ccc(NC(=O)C2CCC2)cc1. The molecule has 2 atom stereocenters. The molecule has 1 aliphatic carbocycles. The number of aliphatic hydroxyl groups excluding tert-OH is 1. The van der Waals surface area contributed by atoms with Crippen molar-refractivity contribution in [3.05, 3.63) is 29.8 Å². The van der Waals surface area contributed by atoms with Crippen LogP contribution in [0.15, 0.2) is 24.3 Å². The molecule has 1 saturated carbocycles. The lowest BCUT2D eigenvalue weighted by Gasteiger charge is -2.35. The van der Waals surface area contributed by atoms with Crippen LogP contribution < -0.4 is 5.32 Å². The monoisotopic (exact) mass is 318 g/mol. The zero-order valence-corrected chi connectivity index (χ0v) is 13.2. The Morgan fingerprint density at radius 1 is 1.35 bits per heavy atom. The van der Waals surface area contributed by atoms with Gasteiger partial charge in [-0.2, -0.15) is 0 Å². The highest BCUT2D eigenvalue weighted by Gasteiger charge is 2.32. The molecule has 6 nitrogen and oxygen atoms in total. The number of amides is 2. The van der Waals surface area contributed by atoms with Gasteiger partial charge in [0.05, 0.1) is 12.6 Å². The summed E-state index contributed by atoms with van der Waals surface area (Å²) in [4.78, 5) is 25.1. The Morgan fingerprint density at radius 3 is 2.65 bits per heavy atom. The van der Waals surface area contributed by atoms with Gasteiger partial charge in [0.2, 0.25) is 11.8 Å². The van der Waals surface area contributed by atoms with E-state index in [0.29, 0.717) is 12.2 Å². The topological polar surface area (TPSA) is 78.9 Å². The minimum atomic E-state index is -0.819. The molecule has 0 spiro atoms. The number of hydrogen-bond donors (Lipinski definition) is 2. The van der Waals surface area contributed by atoms with Crippen molar-refractivity contribution in [1.29, 1.82) is 0 Å². The summed E-state index contributed by atoms with van der Waals surface area (Å²) in [5, 5.41) is 13.4. The van der Waals surface area contributed by atoms with Crippen molar-refractivity contribution in [3.63, 3.8) is 0 Å². The summed E-state index contributed by atoms with van der Waals surface area (Å²) in [6.07, 6.45) is 2.23. The number of nitrogens with zero attached hydrogens (tertiary/aromatic N) is 1. The van der Waals surface area contributed by atoms with Gasteiger partial charge in [-0.25, -0.2) is 0 Å². The zero-order valence-electron chi connectivity index (χ0n) is 13.2. The van der Waals surface area contributed by atoms with Crippen molar-refractivity contribution >= 4 is 17.5 Å². The number of benzene rings is 1. The molecule has 3 rings (SSSR count). The fourth-order valence-electron chi connectivity index (χ4n) is 2.87. The van der Waals surface area contributed by atoms with E-state index < -0.39 is 12.1 Å². The molecule has 1 aliphatic heterocycles. The Kier molecular flexibility index (Phi) is 4.63. The molecule has 1 aromatic carbocycles. The number of carbonyl (C=O) groups is 2. The zero-order chi connectivity index (χ0) is 16.4. The van der Waals surface area contributed by atoms with E-state index in [9.17, 15) is 14.7 Å². The molecule has 0 radical (unpaired) electrons. The maximum Gasteiger partial charge on any atom is 0.248 e. The average Bonchev–Trinajstić information content (AvgIpc) is 2.48. The van der Waals surface area contributed by atoms with Crippen LogP contribution in [0.2, 0.25) is 0 Å². The summed E-state index contributed by atoms with van der Waals surface area (Å²) < 4.78 is 5.22. The molecule has 6 heteroatoms. The first-order valence-corrected chi connectivity index (χ1v) is 7.98. The highest BCUT2D eigenvalue weighted by molar-refractivity contribution is 5.93. The molecular weight excluding hydrogens is 296 g/mol. The van der Waals surface area contributed by atoms with E-state index in [4.69, 9.17) is 4.74 Å². The van der Waals surface area contributed by atoms with E-state index in [1.54, 1.807) is 31.3 Å². The maximum absolute atomic E-state index is 11.9. The Labute approximate surface area is 135 Å². The van der Waals surface area contributed by atoms with E-state index in [1.807, 2.05) is 0 Å². The standard InChI is InChI=1S/C17H22N2O4/c1-19-14(9-23-10-15(19)20)16(21)11-5-7-13(8-6-11)18-17(22)12-3-2-4-12/h5-8,12,14,16,21H,2-4,9-10H2,1H3,(H,18,22). The smallest absolute Gasteiger partial charge is 0.248 e. The number of carbonyl (C=O) groups excluding carboxylic acids is 2. The fraction of sp³-hybridized carbons (Fsp3) is 0.529. The second kappa shape index (κ2) is 6.68. The summed E-state index contributed by atoms with van der Waals surface area (Å²) in [7, 11) is 1.67. The van der Waals surface area contributed by atoms with Crippen LogP contribution in [-0.4, -0.2) is 48.1 Å². The predicted octanol–water partition coefficient (Wildman–Crippen LogP) is 1.32. The molecular formula is C17H22N2O4. The lowest BCUT2D eigenvalue weighted by Crippen LogP contribution is -2.49. The molecule has 2 aliphatic rings. The van der Waals surface area contributed by atoms with Crippen molar-refractivity contribution in [3.8, 4) is 0 Å². The van der Waals surface area contributed by atoms with Gasteiger partial charge in [0.15, 0.2) is 0 Å². The normalized spacial score (nSPS) is 23.3. The van der Waals surface area contributed by atoms with Gasteiger partial charge in [0, 0.05) is 18.7 Å². The summed E-state index contributed by atoms with van der Waals surface area (Å²) >= 11 is 0. The highest BCUT2D eigenvalue weighted by Crippen LogP contribution is 2.28. The van der Waals surface area contributed by atoms with Gasteiger partial charge in [-0.3, -0.25) is 9.59 Å². The van der Waals surface area contributed by atoms with Crippen molar-refractivity contribution in [2.45, 2.75) is 31.4 Å². The van der Waals surface area contributed by atoms with Crippen LogP contribution >= 0.6 is 0 Å². The van der Waals surface area contributed by atoms with E-state index in [2.05, 4.69) is 5.32 Å². The van der Waals surface area contributed by atoms with E-state index >= 15 is 0 Å². The molecule has 1 heterocycles. The van der Waals surface area contributed by atoms with Crippen molar-refractivity contribution < 1.29 is 19.4 Å². The molecule has 2 fully saturated rings. The number of anilines is 1. The third kappa shape index (κ3) is 3.38. The summed E-state index contributed by atoms with van der Waals surface area (Å²) in [6, 6.07) is 6.70. The molecule has 0 aromatic heterocycles. The van der Waals surface area contributed by atoms with E-state index in [1.165, 1.54) is 4.90 Å². The number of rotatable bonds is 4. The lowest BCUT2D eigenvalue weighted by molar-refractivity contribution is -0.151. The van der Waals surface area contributed by atoms with Gasteiger partial charge in [0.25, 0.3) is 0 Å². The first kappa shape index (κ1) is 16.0. The molecule has 23 heavy (non-hydrogen) atoms. The van der Waals surface area contributed by atoms with Crippen LogP contribution in [0.3, 0.4) is 0 Å². The van der Waals surface area contributed by atoms with Crippen LogP contribution in [0.25, 0.3) is 0 Å². The van der Waals surface area contributed by atoms with E-state index in [0.717, 1.165) is 24.9 Å². The Bertz CT molecular complexity index is 583. The Morgan fingerprint density at radius 2 is 2.04 bits per heavy atom. The van der Waals surface area contributed by atoms with Gasteiger partial charge >= 0.3 is 0 Å². The van der Waals surface area contributed by atoms with Gasteiger partial charge in [-0.15, -0.1) is 0 Å². The minimum absolute atomic E-state index is 0.0614. The third-order valence-electron chi connectivity index (χ3n) is 4.77. The number of aliphatic hydroxyl groups is 1. The van der Waals surface area contributed by atoms with Crippen LogP contribution in [0, 0.1) is 5.92 Å². The number of morpholine rings is 1. The number of ether oxygens (including phenoxy) is 1. The van der Waals surface area contributed by atoms with Crippen LogP contribution in [0.1, 0.15) is 30.9 Å². The molecule has 124 valence electrons. The number of hydrogen-bond acceptors (Lipinski definition) is 4. The first-order valence-electron chi connectivity index (χ1n) is 7.98. The summed E-state index contributed by atoms with van der Waals surface area (Å²) in [6.45, 7) is 0.370. The molecule has 2 amide bonds. The lowest BCUT2D eigenvalue weighted by atomic mass is 9.85. The van der Waals surface area contributed by atoms with E-state index in [-0.39, 0.29) is 24.3 Å². The van der Waals surface area contributed by atoms with Crippen LogP contribution in [0.4, 0.5) is 5.69 Å². The van der Waals surface area contributed by atoms with Gasteiger partial charge in [0.1, 0.15) is 12.7 Å². The van der Waals surface area contributed by atoms with Crippen LogP contribution in [-0.2, 0) is 14.3 Å². The molecule has 0 bridgehead atoms. The molecule has 2 N–H and O–H groups in total. The van der Waals surface area contributed by atoms with Gasteiger partial charge in [-0.05, 0) is 30.5 Å². The average molecular weight is 318 g/mol. The highest BCUT2D eigenvalue weighted by atomic mass is 16.5. The van der Waals surface area contributed by atoms with Crippen molar-refractivity contribution in [1.82, 2.24) is 4.90 Å². The van der Waals surface area contributed by atoms with Gasteiger partial charge < -0.3 is 20.1 Å².